The van der Waals surface area contributed by atoms with Crippen LogP contribution in [0.5, 0.6) is 5.75 Å². The van der Waals surface area contributed by atoms with E-state index in [1.165, 1.54) is 6.92 Å². The summed E-state index contributed by atoms with van der Waals surface area (Å²) in [4.78, 5) is 45.6. The molecule has 0 heterocycles. The largest absolute Gasteiger partial charge is 0.467 e. The Hall–Kier alpha value is -3.25. The maximum atomic E-state index is 15.0. The number of carbonyl (C=O) groups is 4. The smallest absolute Gasteiger partial charge is 0.303 e. The number of halogens is 1. The van der Waals surface area contributed by atoms with Crippen LogP contribution in [0.2, 0.25) is 0 Å². The Morgan fingerprint density at radius 1 is 0.829 bits per heavy atom. The molecule has 1 aromatic carbocycles. The molecule has 11 nitrogen and oxygen atoms in total. The average molecular weight is 502 g/mol. The summed E-state index contributed by atoms with van der Waals surface area (Å²) < 4.78 is 51.7. The summed E-state index contributed by atoms with van der Waals surface area (Å²) in [6, 6.07) is 8.55. The molecule has 2 unspecified atom stereocenters. The molecule has 0 saturated carbocycles. The van der Waals surface area contributed by atoms with E-state index in [0.29, 0.717) is 5.75 Å². The van der Waals surface area contributed by atoms with Gasteiger partial charge in [0.05, 0.1) is 0 Å². The summed E-state index contributed by atoms with van der Waals surface area (Å²) in [7, 11) is 0. The number of hydrogen-bond donors (Lipinski definition) is 0. The highest BCUT2D eigenvalue weighted by Crippen LogP contribution is 2.20. The molecule has 0 amide bonds. The third-order valence-electron chi connectivity index (χ3n) is 4.18. The molecule has 0 bridgehead atoms. The van der Waals surface area contributed by atoms with Crippen molar-refractivity contribution in [3.8, 4) is 5.75 Å². The van der Waals surface area contributed by atoms with E-state index in [1.54, 1.807) is 30.3 Å². The normalized spacial score (nSPS) is 15.0. The fourth-order valence-electron chi connectivity index (χ4n) is 2.77. The first kappa shape index (κ1) is 29.8. The summed E-state index contributed by atoms with van der Waals surface area (Å²) in [5.74, 6) is -2.44. The van der Waals surface area contributed by atoms with E-state index in [9.17, 15) is 19.2 Å². The zero-order valence-corrected chi connectivity index (χ0v) is 20.3. The van der Waals surface area contributed by atoms with Crippen molar-refractivity contribution < 1.29 is 56.7 Å². The second-order valence-corrected chi connectivity index (χ2v) is 7.29. The van der Waals surface area contributed by atoms with E-state index < -0.39 is 74.7 Å². The van der Waals surface area contributed by atoms with Crippen LogP contribution in [-0.4, -0.2) is 74.7 Å². The molecule has 0 aromatic heterocycles. The molecule has 0 saturated heterocycles. The van der Waals surface area contributed by atoms with Crippen LogP contribution in [0.25, 0.3) is 0 Å². The van der Waals surface area contributed by atoms with Crippen LogP contribution in [0.15, 0.2) is 30.3 Å². The summed E-state index contributed by atoms with van der Waals surface area (Å²) in [6.45, 7) is 4.20. The van der Waals surface area contributed by atoms with Gasteiger partial charge in [-0.2, -0.15) is 0 Å². The topological polar surface area (TPSA) is 133 Å². The van der Waals surface area contributed by atoms with Crippen molar-refractivity contribution in [2.24, 2.45) is 0 Å². The molecule has 1 rings (SSSR count). The monoisotopic (exact) mass is 502 g/mol. The van der Waals surface area contributed by atoms with E-state index in [1.807, 2.05) is 0 Å². The Morgan fingerprint density at radius 2 is 1.40 bits per heavy atom. The Morgan fingerprint density at radius 3 is 1.94 bits per heavy atom. The van der Waals surface area contributed by atoms with Gasteiger partial charge >= 0.3 is 23.9 Å². The van der Waals surface area contributed by atoms with Crippen LogP contribution in [0.4, 0.5) is 4.39 Å². The minimum atomic E-state index is -1.97. The van der Waals surface area contributed by atoms with Crippen molar-refractivity contribution in [3.63, 3.8) is 0 Å². The zero-order valence-electron chi connectivity index (χ0n) is 20.3. The van der Waals surface area contributed by atoms with Gasteiger partial charge < -0.3 is 33.2 Å². The summed E-state index contributed by atoms with van der Waals surface area (Å²) in [6.07, 6.45) is -7.56. The van der Waals surface area contributed by atoms with Crippen LogP contribution in [0.1, 0.15) is 34.6 Å². The highest BCUT2D eigenvalue weighted by molar-refractivity contribution is 5.67. The average Bonchev–Trinajstić information content (AvgIpc) is 2.77. The number of alkyl halides is 1. The third-order valence-corrected chi connectivity index (χ3v) is 4.18. The number of hydrogen-bond acceptors (Lipinski definition) is 11. The first-order valence-electron chi connectivity index (χ1n) is 10.7. The molecule has 0 spiro atoms. The van der Waals surface area contributed by atoms with Gasteiger partial charge in [0.1, 0.15) is 31.2 Å². The highest BCUT2D eigenvalue weighted by Gasteiger charge is 2.38. The van der Waals surface area contributed by atoms with Crippen molar-refractivity contribution in [2.75, 3.05) is 20.0 Å². The van der Waals surface area contributed by atoms with E-state index in [2.05, 4.69) is 0 Å². The minimum absolute atomic E-state index is 0.428. The first-order chi connectivity index (χ1) is 16.5. The summed E-state index contributed by atoms with van der Waals surface area (Å²) >= 11 is 0. The molecule has 0 N–H and O–H groups in total. The van der Waals surface area contributed by atoms with E-state index in [0.717, 1.165) is 27.7 Å². The maximum Gasteiger partial charge on any atom is 0.303 e. The molecule has 0 aliphatic rings. The summed E-state index contributed by atoms with van der Waals surface area (Å²) in [5, 5.41) is 0. The lowest BCUT2D eigenvalue weighted by Gasteiger charge is -2.33. The van der Waals surface area contributed by atoms with Gasteiger partial charge in [0, 0.05) is 27.7 Å². The fourth-order valence-corrected chi connectivity index (χ4v) is 2.77. The van der Waals surface area contributed by atoms with Gasteiger partial charge in [0.2, 0.25) is 6.29 Å². The molecular weight excluding hydrogens is 471 g/mol. The predicted molar refractivity (Wildman–Crippen MR) is 117 cm³/mol. The Labute approximate surface area is 202 Å². The van der Waals surface area contributed by atoms with Crippen LogP contribution >= 0.6 is 0 Å². The van der Waals surface area contributed by atoms with Crippen molar-refractivity contribution in [2.45, 2.75) is 65.4 Å². The SMILES string of the molecule is CC(=O)OC[C@H](F)C(OC(OCOc1ccccc1)[C@@H](COC(C)=O)OC(C)=O)[C@H](C)OC(C)=O. The van der Waals surface area contributed by atoms with Gasteiger partial charge in [0.25, 0.3) is 0 Å². The van der Waals surface area contributed by atoms with Crippen molar-refractivity contribution in [1.82, 2.24) is 0 Å². The van der Waals surface area contributed by atoms with Gasteiger partial charge in [-0.25, -0.2) is 4.39 Å². The van der Waals surface area contributed by atoms with Crippen molar-refractivity contribution in [3.05, 3.63) is 30.3 Å². The van der Waals surface area contributed by atoms with Gasteiger partial charge in [0.15, 0.2) is 19.1 Å². The van der Waals surface area contributed by atoms with Crippen molar-refractivity contribution >= 4 is 23.9 Å². The molecule has 0 aliphatic heterocycles. The molecule has 35 heavy (non-hydrogen) atoms. The Bertz CT molecular complexity index is 817. The number of para-hydroxylation sites is 1. The van der Waals surface area contributed by atoms with Crippen LogP contribution < -0.4 is 4.74 Å². The quantitative estimate of drug-likeness (QED) is 0.198. The lowest BCUT2D eigenvalue weighted by molar-refractivity contribution is -0.268. The molecule has 1 aromatic rings. The number of benzene rings is 1. The molecule has 0 aliphatic carbocycles. The summed E-state index contributed by atoms with van der Waals surface area (Å²) in [5.41, 5.74) is 0. The minimum Gasteiger partial charge on any atom is -0.467 e. The number of carbonyl (C=O) groups excluding carboxylic acids is 4. The van der Waals surface area contributed by atoms with Crippen molar-refractivity contribution in [1.29, 1.82) is 0 Å². The van der Waals surface area contributed by atoms with Gasteiger partial charge in [-0.05, 0) is 19.1 Å². The zero-order chi connectivity index (χ0) is 26.4. The standard InChI is InChI=1S/C23H31FO11/c1-14(33-17(4)27)22(20(24)11-29-15(2)25)35-23(21(34-18(5)28)12-30-16(3)26)32-13-31-19-9-7-6-8-10-19/h6-10,14,20-23H,11-13H2,1-5H3/t14-,20-,21+,22?,23?/m0/s1. The predicted octanol–water partition coefficient (Wildman–Crippen LogP) is 2.10. The second kappa shape index (κ2) is 15.6. The van der Waals surface area contributed by atoms with Crippen LogP contribution in [0.3, 0.4) is 0 Å². The molecule has 12 heteroatoms. The maximum absolute atomic E-state index is 15.0. The Kier molecular flexibility index (Phi) is 13.3. The second-order valence-electron chi connectivity index (χ2n) is 7.29. The van der Waals surface area contributed by atoms with Gasteiger partial charge in [-0.3, -0.25) is 19.2 Å². The molecule has 0 fully saturated rings. The van der Waals surface area contributed by atoms with E-state index in [4.69, 9.17) is 33.2 Å². The Balaban J connectivity index is 3.15. The number of rotatable bonds is 15. The molecule has 0 radical (unpaired) electrons. The number of ether oxygens (including phenoxy) is 7. The lowest BCUT2D eigenvalue weighted by atomic mass is 10.1. The van der Waals surface area contributed by atoms with Crippen LogP contribution in [-0.2, 0) is 47.6 Å². The van der Waals surface area contributed by atoms with E-state index in [-0.39, 0.29) is 0 Å². The fraction of sp³-hybridized carbons (Fsp3) is 0.565. The van der Waals surface area contributed by atoms with E-state index >= 15 is 4.39 Å². The molecular formula is C23H31FO11. The lowest BCUT2D eigenvalue weighted by Crippen LogP contribution is -2.48. The third kappa shape index (κ3) is 12.7. The van der Waals surface area contributed by atoms with Crippen LogP contribution in [0, 0.1) is 0 Å². The highest BCUT2D eigenvalue weighted by atomic mass is 19.1. The van der Waals surface area contributed by atoms with Gasteiger partial charge in [-0.15, -0.1) is 0 Å². The molecule has 5 atom stereocenters. The first-order valence-corrected chi connectivity index (χ1v) is 10.7. The van der Waals surface area contributed by atoms with Gasteiger partial charge in [-0.1, -0.05) is 18.2 Å². The molecule has 196 valence electrons. The number of esters is 4.